The van der Waals surface area contributed by atoms with Gasteiger partial charge in [-0.3, -0.25) is 4.72 Å². The standard InChI is InChI=1S/C7H11N3O2S/c1-9-6-2-4-7(5-3-6)10-13(8,11)12/h2-5,9-10H,1H3,(H2,8,11,12). The minimum Gasteiger partial charge on any atom is -0.388 e. The fourth-order valence-corrected chi connectivity index (χ4v) is 1.33. The van der Waals surface area contributed by atoms with Crippen molar-refractivity contribution in [3.05, 3.63) is 24.3 Å². The molecule has 0 radical (unpaired) electrons. The first-order valence-electron chi connectivity index (χ1n) is 3.59. The van der Waals surface area contributed by atoms with Gasteiger partial charge in [-0.25, -0.2) is 5.14 Å². The van der Waals surface area contributed by atoms with Gasteiger partial charge in [0.15, 0.2) is 0 Å². The normalized spacial score (nSPS) is 10.9. The van der Waals surface area contributed by atoms with Gasteiger partial charge >= 0.3 is 0 Å². The number of benzene rings is 1. The Labute approximate surface area is 77.1 Å². The predicted octanol–water partition coefficient (Wildman–Crippen LogP) is 0.344. The van der Waals surface area contributed by atoms with Crippen LogP contribution < -0.4 is 15.2 Å². The Balaban J connectivity index is 2.81. The Bertz CT molecular complexity index is 371. The third-order valence-corrected chi connectivity index (χ3v) is 1.95. The van der Waals surface area contributed by atoms with E-state index in [0.717, 1.165) is 5.69 Å². The van der Waals surface area contributed by atoms with Crippen LogP contribution >= 0.6 is 0 Å². The molecule has 0 saturated carbocycles. The van der Waals surface area contributed by atoms with Crippen molar-refractivity contribution in [1.82, 2.24) is 0 Å². The molecule has 0 saturated heterocycles. The van der Waals surface area contributed by atoms with Gasteiger partial charge in [0.25, 0.3) is 10.2 Å². The highest BCUT2D eigenvalue weighted by Gasteiger charge is 2.00. The van der Waals surface area contributed by atoms with Crippen molar-refractivity contribution >= 4 is 21.6 Å². The zero-order chi connectivity index (χ0) is 9.90. The first-order chi connectivity index (χ1) is 6.01. The smallest absolute Gasteiger partial charge is 0.296 e. The molecule has 1 rings (SSSR count). The molecule has 0 atom stereocenters. The molecule has 72 valence electrons. The predicted molar refractivity (Wildman–Crippen MR) is 52.7 cm³/mol. The van der Waals surface area contributed by atoms with Gasteiger partial charge in [0.1, 0.15) is 0 Å². The van der Waals surface area contributed by atoms with Gasteiger partial charge in [-0.15, -0.1) is 0 Å². The van der Waals surface area contributed by atoms with Crippen LogP contribution in [0.3, 0.4) is 0 Å². The van der Waals surface area contributed by atoms with Gasteiger partial charge in [-0.05, 0) is 24.3 Å². The van der Waals surface area contributed by atoms with E-state index in [-0.39, 0.29) is 0 Å². The van der Waals surface area contributed by atoms with Crippen molar-refractivity contribution < 1.29 is 8.42 Å². The van der Waals surface area contributed by atoms with Gasteiger partial charge in [-0.1, -0.05) is 0 Å². The number of nitrogens with one attached hydrogen (secondary N) is 2. The lowest BCUT2D eigenvalue weighted by molar-refractivity contribution is 0.603. The first kappa shape index (κ1) is 9.82. The Hall–Kier alpha value is -1.27. The third kappa shape index (κ3) is 3.30. The average Bonchev–Trinajstić information content (AvgIpc) is 2.03. The molecule has 0 fully saturated rings. The molecule has 0 amide bonds. The molecule has 4 N–H and O–H groups in total. The van der Waals surface area contributed by atoms with E-state index in [1.54, 1.807) is 31.3 Å². The Morgan fingerprint density at radius 3 is 2.00 bits per heavy atom. The summed E-state index contributed by atoms with van der Waals surface area (Å²) < 4.78 is 23.4. The molecule has 0 spiro atoms. The molecule has 0 aliphatic heterocycles. The van der Waals surface area contributed by atoms with E-state index < -0.39 is 10.2 Å². The van der Waals surface area contributed by atoms with Crippen molar-refractivity contribution in [1.29, 1.82) is 0 Å². The van der Waals surface area contributed by atoms with Crippen LogP contribution in [0.4, 0.5) is 11.4 Å². The molecule has 5 nitrogen and oxygen atoms in total. The topological polar surface area (TPSA) is 84.2 Å². The van der Waals surface area contributed by atoms with Crippen molar-refractivity contribution in [3.8, 4) is 0 Å². The maximum Gasteiger partial charge on any atom is 0.296 e. The van der Waals surface area contributed by atoms with Crippen LogP contribution in [0.25, 0.3) is 0 Å². The van der Waals surface area contributed by atoms with E-state index in [9.17, 15) is 8.42 Å². The lowest BCUT2D eigenvalue weighted by atomic mass is 10.3. The van der Waals surface area contributed by atoms with Gasteiger partial charge in [0, 0.05) is 18.4 Å². The van der Waals surface area contributed by atoms with E-state index in [1.165, 1.54) is 0 Å². The van der Waals surface area contributed by atoms with E-state index in [4.69, 9.17) is 5.14 Å². The van der Waals surface area contributed by atoms with Crippen LogP contribution in [-0.4, -0.2) is 15.5 Å². The van der Waals surface area contributed by atoms with Gasteiger partial charge < -0.3 is 5.32 Å². The number of hydrogen-bond donors (Lipinski definition) is 3. The highest BCUT2D eigenvalue weighted by Crippen LogP contribution is 2.12. The van der Waals surface area contributed by atoms with E-state index in [0.29, 0.717) is 5.69 Å². The molecule has 0 unspecified atom stereocenters. The molecule has 0 aromatic heterocycles. The lowest BCUT2D eigenvalue weighted by Gasteiger charge is -2.04. The minimum absolute atomic E-state index is 0.446. The zero-order valence-electron chi connectivity index (χ0n) is 7.11. The zero-order valence-corrected chi connectivity index (χ0v) is 7.93. The number of rotatable bonds is 3. The SMILES string of the molecule is CNc1ccc(NS(N)(=O)=O)cc1. The molecule has 13 heavy (non-hydrogen) atoms. The van der Waals surface area contributed by atoms with Gasteiger partial charge in [-0.2, -0.15) is 8.42 Å². The molecule has 0 heterocycles. The highest BCUT2D eigenvalue weighted by molar-refractivity contribution is 7.90. The van der Waals surface area contributed by atoms with Crippen LogP contribution in [0.15, 0.2) is 24.3 Å². The van der Waals surface area contributed by atoms with Crippen LogP contribution in [0.2, 0.25) is 0 Å². The fourth-order valence-electron chi connectivity index (χ4n) is 0.869. The molecule has 6 heteroatoms. The third-order valence-electron chi connectivity index (χ3n) is 1.43. The summed E-state index contributed by atoms with van der Waals surface area (Å²) in [6.45, 7) is 0. The average molecular weight is 201 g/mol. The van der Waals surface area contributed by atoms with Gasteiger partial charge in [0.2, 0.25) is 0 Å². The van der Waals surface area contributed by atoms with Crippen molar-refractivity contribution in [3.63, 3.8) is 0 Å². The summed E-state index contributed by atoms with van der Waals surface area (Å²) in [6.07, 6.45) is 0. The van der Waals surface area contributed by atoms with E-state index in [1.807, 2.05) is 0 Å². The highest BCUT2D eigenvalue weighted by atomic mass is 32.2. The number of hydrogen-bond acceptors (Lipinski definition) is 3. The van der Waals surface area contributed by atoms with E-state index >= 15 is 0 Å². The molecule has 1 aromatic rings. The fraction of sp³-hybridized carbons (Fsp3) is 0.143. The Morgan fingerprint density at radius 2 is 1.62 bits per heavy atom. The second kappa shape index (κ2) is 3.63. The first-order valence-corrected chi connectivity index (χ1v) is 5.14. The Kier molecular flexibility index (Phi) is 2.74. The van der Waals surface area contributed by atoms with E-state index in [2.05, 4.69) is 10.0 Å². The molecule has 0 aliphatic carbocycles. The molecule has 1 aromatic carbocycles. The summed E-state index contributed by atoms with van der Waals surface area (Å²) in [5, 5.41) is 7.69. The largest absolute Gasteiger partial charge is 0.388 e. The Morgan fingerprint density at radius 1 is 1.15 bits per heavy atom. The number of anilines is 2. The van der Waals surface area contributed by atoms with Gasteiger partial charge in [0.05, 0.1) is 0 Å². The maximum atomic E-state index is 10.6. The summed E-state index contributed by atoms with van der Waals surface area (Å²) in [4.78, 5) is 0. The van der Waals surface area contributed by atoms with Crippen LogP contribution in [-0.2, 0) is 10.2 Å². The van der Waals surface area contributed by atoms with Crippen LogP contribution in [0, 0.1) is 0 Å². The minimum atomic E-state index is -3.67. The summed E-state index contributed by atoms with van der Waals surface area (Å²) >= 11 is 0. The second-order valence-corrected chi connectivity index (χ2v) is 3.77. The van der Waals surface area contributed by atoms with Crippen LogP contribution in [0.5, 0.6) is 0 Å². The van der Waals surface area contributed by atoms with Crippen molar-refractivity contribution in [2.24, 2.45) is 5.14 Å². The summed E-state index contributed by atoms with van der Waals surface area (Å²) in [5.74, 6) is 0. The van der Waals surface area contributed by atoms with Crippen LogP contribution in [0.1, 0.15) is 0 Å². The molecular weight excluding hydrogens is 190 g/mol. The molecular formula is C7H11N3O2S. The maximum absolute atomic E-state index is 10.6. The summed E-state index contributed by atoms with van der Waals surface area (Å²) in [5.41, 5.74) is 1.35. The molecule has 0 bridgehead atoms. The van der Waals surface area contributed by atoms with Crippen molar-refractivity contribution in [2.75, 3.05) is 17.1 Å². The second-order valence-electron chi connectivity index (χ2n) is 2.47. The summed E-state index contributed by atoms with van der Waals surface area (Å²) in [7, 11) is -1.89. The lowest BCUT2D eigenvalue weighted by Crippen LogP contribution is -2.21. The number of nitrogens with two attached hydrogens (primary N) is 1. The monoisotopic (exact) mass is 201 g/mol. The summed E-state index contributed by atoms with van der Waals surface area (Å²) in [6, 6.07) is 6.73. The quantitative estimate of drug-likeness (QED) is 0.659. The van der Waals surface area contributed by atoms with Crippen molar-refractivity contribution in [2.45, 2.75) is 0 Å². The molecule has 0 aliphatic rings.